The first-order chi connectivity index (χ1) is 13.0. The molecule has 136 valence electrons. The highest BCUT2D eigenvalue weighted by molar-refractivity contribution is 5.98. The van der Waals surface area contributed by atoms with Crippen LogP contribution in [0.5, 0.6) is 0 Å². The van der Waals surface area contributed by atoms with E-state index >= 15 is 0 Å². The highest BCUT2D eigenvalue weighted by Gasteiger charge is 2.41. The van der Waals surface area contributed by atoms with Gasteiger partial charge in [0.05, 0.1) is 22.7 Å². The van der Waals surface area contributed by atoms with Crippen molar-refractivity contribution in [1.82, 2.24) is 9.97 Å². The maximum Gasteiger partial charge on any atom is 0.244 e. The summed E-state index contributed by atoms with van der Waals surface area (Å²) < 4.78 is 27.4. The molecule has 27 heavy (non-hydrogen) atoms. The van der Waals surface area contributed by atoms with E-state index in [1.54, 1.807) is 18.2 Å². The summed E-state index contributed by atoms with van der Waals surface area (Å²) in [4.78, 5) is 19.8. The van der Waals surface area contributed by atoms with Gasteiger partial charge in [0, 0.05) is 5.69 Å². The van der Waals surface area contributed by atoms with Gasteiger partial charge in [-0.15, -0.1) is 0 Å². The number of halogens is 2. The summed E-state index contributed by atoms with van der Waals surface area (Å²) in [5.41, 5.74) is 0.709. The van der Waals surface area contributed by atoms with Gasteiger partial charge < -0.3 is 10.3 Å². The Morgan fingerprint density at radius 3 is 2.70 bits per heavy atom. The molecular weight excluding hydrogens is 350 g/mol. The summed E-state index contributed by atoms with van der Waals surface area (Å²) in [7, 11) is 0. The lowest BCUT2D eigenvalue weighted by molar-refractivity contribution is -0.122. The summed E-state index contributed by atoms with van der Waals surface area (Å²) in [6.07, 6.45) is 2.85. The number of imidazole rings is 1. The van der Waals surface area contributed by atoms with Gasteiger partial charge in [0.2, 0.25) is 5.91 Å². The maximum absolute atomic E-state index is 14.0. The summed E-state index contributed by atoms with van der Waals surface area (Å²) in [6.45, 7) is 0. The number of H-pyrrole nitrogens is 1. The van der Waals surface area contributed by atoms with Crippen LogP contribution >= 0.6 is 0 Å². The number of nitrogens with one attached hydrogen (secondary N) is 2. The average Bonchev–Trinajstić information content (AvgIpc) is 3.30. The average molecular weight is 366 g/mol. The number of hydrogen-bond acceptors (Lipinski definition) is 3. The number of nitriles is 1. The number of hydrogen-bond donors (Lipinski definition) is 2. The van der Waals surface area contributed by atoms with Crippen LogP contribution in [-0.2, 0) is 4.79 Å². The van der Waals surface area contributed by atoms with Crippen molar-refractivity contribution in [3.05, 3.63) is 48.0 Å². The first-order valence-corrected chi connectivity index (χ1v) is 8.69. The van der Waals surface area contributed by atoms with Crippen molar-refractivity contribution in [2.75, 3.05) is 5.32 Å². The molecule has 1 aromatic heterocycles. The smallest absolute Gasteiger partial charge is 0.244 e. The molecule has 7 heteroatoms. The van der Waals surface area contributed by atoms with E-state index in [0.717, 1.165) is 31.0 Å². The number of amides is 1. The summed E-state index contributed by atoms with van der Waals surface area (Å²) in [5, 5.41) is 12.2. The highest BCUT2D eigenvalue weighted by atomic mass is 19.1. The van der Waals surface area contributed by atoms with Crippen LogP contribution in [0.3, 0.4) is 0 Å². The molecule has 2 N–H and O–H groups in total. The molecule has 0 bridgehead atoms. The normalized spacial score (nSPS) is 15.6. The van der Waals surface area contributed by atoms with Crippen LogP contribution in [0, 0.1) is 28.4 Å². The minimum Gasteiger partial charge on any atom is -0.338 e. The van der Waals surface area contributed by atoms with Crippen molar-refractivity contribution in [1.29, 1.82) is 5.26 Å². The fourth-order valence-electron chi connectivity index (χ4n) is 3.51. The first kappa shape index (κ1) is 17.2. The van der Waals surface area contributed by atoms with Crippen molar-refractivity contribution in [3.63, 3.8) is 0 Å². The molecule has 1 amide bonds. The van der Waals surface area contributed by atoms with Crippen LogP contribution in [0.2, 0.25) is 0 Å². The summed E-state index contributed by atoms with van der Waals surface area (Å²) in [5.74, 6) is -1.24. The van der Waals surface area contributed by atoms with E-state index in [0.29, 0.717) is 29.6 Å². The van der Waals surface area contributed by atoms with E-state index in [2.05, 4.69) is 21.4 Å². The molecule has 0 saturated heterocycles. The monoisotopic (exact) mass is 366 g/mol. The van der Waals surface area contributed by atoms with Crippen molar-refractivity contribution in [3.8, 4) is 17.5 Å². The molecule has 0 atom stereocenters. The number of carbonyl (C=O) groups is 1. The molecule has 1 heterocycles. The van der Waals surface area contributed by atoms with Gasteiger partial charge in [0.15, 0.2) is 0 Å². The molecule has 0 radical (unpaired) electrons. The van der Waals surface area contributed by atoms with Crippen molar-refractivity contribution in [2.24, 2.45) is 5.41 Å². The second-order valence-corrected chi connectivity index (χ2v) is 6.80. The van der Waals surface area contributed by atoms with Crippen LogP contribution in [0.15, 0.2) is 36.4 Å². The fraction of sp³-hybridized carbons (Fsp3) is 0.250. The largest absolute Gasteiger partial charge is 0.338 e. The number of anilines is 1. The second kappa shape index (κ2) is 6.47. The predicted molar refractivity (Wildman–Crippen MR) is 96.6 cm³/mol. The van der Waals surface area contributed by atoms with Crippen LogP contribution in [-0.4, -0.2) is 15.9 Å². The molecular formula is C20H16F2N4O. The van der Waals surface area contributed by atoms with E-state index in [1.165, 1.54) is 0 Å². The zero-order valence-electron chi connectivity index (χ0n) is 14.4. The van der Waals surface area contributed by atoms with E-state index in [1.807, 2.05) is 0 Å². The molecule has 1 fully saturated rings. The van der Waals surface area contributed by atoms with Gasteiger partial charge in [-0.1, -0.05) is 12.8 Å². The van der Waals surface area contributed by atoms with Gasteiger partial charge in [-0.25, -0.2) is 13.8 Å². The number of rotatable bonds is 3. The van der Waals surface area contributed by atoms with Crippen LogP contribution < -0.4 is 5.32 Å². The Balaban J connectivity index is 1.64. The molecule has 4 rings (SSSR count). The van der Waals surface area contributed by atoms with Crippen LogP contribution in [0.1, 0.15) is 25.7 Å². The number of aromatic amines is 1. The van der Waals surface area contributed by atoms with Gasteiger partial charge in [-0.2, -0.15) is 5.26 Å². The maximum atomic E-state index is 14.0. The number of aromatic nitrogens is 2. The summed E-state index contributed by atoms with van der Waals surface area (Å²) in [6, 6.07) is 10.3. The zero-order chi connectivity index (χ0) is 19.0. The molecule has 3 aromatic rings. The third-order valence-electron chi connectivity index (χ3n) is 5.03. The fourth-order valence-corrected chi connectivity index (χ4v) is 3.51. The molecule has 0 aliphatic heterocycles. The van der Waals surface area contributed by atoms with Gasteiger partial charge in [-0.05, 0) is 49.2 Å². The molecule has 1 saturated carbocycles. The number of fused-ring (bicyclic) bond motifs is 1. The molecule has 2 aromatic carbocycles. The molecule has 0 spiro atoms. The third-order valence-corrected chi connectivity index (χ3v) is 5.03. The lowest BCUT2D eigenvalue weighted by Crippen LogP contribution is -2.32. The first-order valence-electron chi connectivity index (χ1n) is 8.69. The van der Waals surface area contributed by atoms with Gasteiger partial charge in [0.25, 0.3) is 0 Å². The van der Waals surface area contributed by atoms with Crippen molar-refractivity contribution < 1.29 is 13.6 Å². The minimum atomic E-state index is -0.973. The SMILES string of the molecule is N#CC1(C(=O)Nc2ccc3nc(-c4cc(F)ccc4F)[nH]c3c2)CCCC1. The van der Waals surface area contributed by atoms with Crippen LogP contribution in [0.4, 0.5) is 14.5 Å². The highest BCUT2D eigenvalue weighted by Crippen LogP contribution is 2.38. The van der Waals surface area contributed by atoms with Gasteiger partial charge in [-0.3, -0.25) is 4.79 Å². The molecule has 1 aliphatic carbocycles. The third kappa shape index (κ3) is 3.04. The Morgan fingerprint density at radius 2 is 1.96 bits per heavy atom. The lowest BCUT2D eigenvalue weighted by atomic mass is 9.87. The second-order valence-electron chi connectivity index (χ2n) is 6.80. The molecule has 5 nitrogen and oxygen atoms in total. The quantitative estimate of drug-likeness (QED) is 0.714. The Labute approximate surface area is 154 Å². The lowest BCUT2D eigenvalue weighted by Gasteiger charge is -2.19. The standard InChI is InChI=1S/C20H16F2N4O/c21-12-3-5-15(22)14(9-12)18-25-16-6-4-13(10-17(16)26-18)24-19(27)20(11-23)7-1-2-8-20/h3-6,9-10H,1-2,7-8H2,(H,24,27)(H,25,26). The Kier molecular flexibility index (Phi) is 4.11. The van der Waals surface area contributed by atoms with Crippen LogP contribution in [0.25, 0.3) is 22.4 Å². The molecule has 0 unspecified atom stereocenters. The summed E-state index contributed by atoms with van der Waals surface area (Å²) >= 11 is 0. The van der Waals surface area contributed by atoms with Gasteiger partial charge in [0.1, 0.15) is 22.9 Å². The van der Waals surface area contributed by atoms with Gasteiger partial charge >= 0.3 is 0 Å². The van der Waals surface area contributed by atoms with Crippen molar-refractivity contribution >= 4 is 22.6 Å². The minimum absolute atomic E-state index is 0.0335. The van der Waals surface area contributed by atoms with Crippen molar-refractivity contribution in [2.45, 2.75) is 25.7 Å². The van der Waals surface area contributed by atoms with E-state index < -0.39 is 17.0 Å². The Bertz CT molecular complexity index is 1080. The van der Waals surface area contributed by atoms with E-state index in [-0.39, 0.29) is 17.3 Å². The van der Waals surface area contributed by atoms with E-state index in [9.17, 15) is 18.8 Å². The predicted octanol–water partition coefficient (Wildman–Crippen LogP) is 4.53. The number of carbonyl (C=O) groups excluding carboxylic acids is 1. The zero-order valence-corrected chi connectivity index (χ0v) is 14.4. The Morgan fingerprint density at radius 1 is 1.19 bits per heavy atom. The Hall–Kier alpha value is -3.27. The number of nitrogens with zero attached hydrogens (tertiary/aromatic N) is 2. The molecule has 1 aliphatic rings. The van der Waals surface area contributed by atoms with E-state index in [4.69, 9.17) is 0 Å². The topological polar surface area (TPSA) is 81.6 Å². The number of benzene rings is 2.